The number of hydrogen-bond acceptors (Lipinski definition) is 6. The molecule has 34 heavy (non-hydrogen) atoms. The number of hydrogen-bond donors (Lipinski definition) is 2. The van der Waals surface area contributed by atoms with Crippen molar-refractivity contribution in [2.75, 3.05) is 13.2 Å². The molecule has 0 radical (unpaired) electrons. The van der Waals surface area contributed by atoms with E-state index in [1.165, 1.54) is 17.0 Å². The summed E-state index contributed by atoms with van der Waals surface area (Å²) in [4.78, 5) is 39.6. The predicted octanol–water partition coefficient (Wildman–Crippen LogP) is 2.67. The average Bonchev–Trinajstić information content (AvgIpc) is 3.11. The zero-order valence-electron chi connectivity index (χ0n) is 19.8. The lowest BCUT2D eigenvalue weighted by molar-refractivity contribution is -0.145. The second-order valence-corrected chi connectivity index (χ2v) is 12.3. The van der Waals surface area contributed by atoms with Gasteiger partial charge in [-0.15, -0.1) is 4.72 Å². The second kappa shape index (κ2) is 9.56. The molecule has 0 unspecified atom stereocenters. The van der Waals surface area contributed by atoms with Crippen molar-refractivity contribution in [1.29, 1.82) is 0 Å². The summed E-state index contributed by atoms with van der Waals surface area (Å²) in [6.07, 6.45) is 2.75. The number of rotatable bonds is 6. The molecule has 1 aromatic carbocycles. The van der Waals surface area contributed by atoms with Crippen LogP contribution >= 0.6 is 0 Å². The topological polar surface area (TPSA) is 111 Å². The maximum Gasteiger partial charge on any atom is 0.331 e. The van der Waals surface area contributed by atoms with E-state index >= 15 is 0 Å². The number of urea groups is 1. The van der Waals surface area contributed by atoms with E-state index in [4.69, 9.17) is 4.74 Å². The highest BCUT2D eigenvalue weighted by atomic mass is 32.2. The SMILES string of the molecule is CC(C)(C)[S@+]([O-])N[C@@]1(CC[C@H]2C(=O)NC(=O)N(C3CCOCC3)C2=O)CCc2cc(F)ccc21. The van der Waals surface area contributed by atoms with Gasteiger partial charge in [-0.25, -0.2) is 9.18 Å². The van der Waals surface area contributed by atoms with Gasteiger partial charge in [-0.2, -0.15) is 0 Å². The van der Waals surface area contributed by atoms with Crippen LogP contribution in [0.1, 0.15) is 64.0 Å². The molecule has 2 saturated heterocycles. The molecule has 1 aromatic rings. The summed E-state index contributed by atoms with van der Waals surface area (Å²) in [5, 5.41) is 2.34. The van der Waals surface area contributed by atoms with Gasteiger partial charge in [-0.3, -0.25) is 19.8 Å². The number of carbonyl (C=O) groups is 3. The molecule has 4 amide bonds. The van der Waals surface area contributed by atoms with E-state index in [1.54, 1.807) is 6.07 Å². The number of benzene rings is 1. The fourth-order valence-electron chi connectivity index (χ4n) is 5.03. The monoisotopic (exact) mass is 493 g/mol. The van der Waals surface area contributed by atoms with Gasteiger partial charge in [-0.1, -0.05) is 6.07 Å². The highest BCUT2D eigenvalue weighted by Gasteiger charge is 2.48. The Morgan fingerprint density at radius 3 is 2.65 bits per heavy atom. The van der Waals surface area contributed by atoms with Crippen molar-refractivity contribution in [3.05, 3.63) is 35.1 Å². The number of aryl methyl sites for hydroxylation is 1. The number of ether oxygens (including phenoxy) is 1. The van der Waals surface area contributed by atoms with Gasteiger partial charge in [0.2, 0.25) is 11.8 Å². The number of nitrogens with one attached hydrogen (secondary N) is 2. The fraction of sp³-hybridized carbons (Fsp3) is 0.625. The molecule has 8 nitrogen and oxygen atoms in total. The summed E-state index contributed by atoms with van der Waals surface area (Å²) >= 11 is -1.43. The first-order valence-corrected chi connectivity index (χ1v) is 12.9. The van der Waals surface area contributed by atoms with Crippen LogP contribution in [0.2, 0.25) is 0 Å². The molecule has 3 atom stereocenters. The second-order valence-electron chi connectivity index (χ2n) is 10.3. The van der Waals surface area contributed by atoms with Gasteiger partial charge in [0, 0.05) is 30.6 Å². The molecule has 2 aliphatic heterocycles. The third-order valence-electron chi connectivity index (χ3n) is 6.96. The minimum absolute atomic E-state index is 0.169. The molecule has 0 saturated carbocycles. The third-order valence-corrected chi connectivity index (χ3v) is 8.65. The quantitative estimate of drug-likeness (QED) is 0.466. The molecular weight excluding hydrogens is 461 g/mol. The van der Waals surface area contributed by atoms with Crippen LogP contribution in [0.15, 0.2) is 18.2 Å². The smallest absolute Gasteiger partial charge is 0.331 e. The Morgan fingerprint density at radius 2 is 1.97 bits per heavy atom. The van der Waals surface area contributed by atoms with Crippen molar-refractivity contribution in [3.63, 3.8) is 0 Å². The van der Waals surface area contributed by atoms with Gasteiger partial charge in [0.15, 0.2) is 0 Å². The normalized spacial score (nSPS) is 27.0. The first kappa shape index (κ1) is 25.1. The summed E-state index contributed by atoms with van der Waals surface area (Å²) in [6.45, 7) is 6.50. The lowest BCUT2D eigenvalue weighted by atomic mass is 9.84. The number of nitrogens with zero attached hydrogens (tertiary/aromatic N) is 1. The summed E-state index contributed by atoms with van der Waals surface area (Å²) in [7, 11) is 0. The standard InChI is InChI=1S/C24H32FN3O5S/c1-23(2,3)34(32)27-24(10-6-15-14-16(25)4-5-19(15)24)11-7-18-20(29)26-22(31)28(21(18)30)17-8-12-33-13-9-17/h4-5,14,17-18,27H,6-13H2,1-3H3,(H,26,29,31)/t18-,24+,34-/m0/s1. The van der Waals surface area contributed by atoms with E-state index < -0.39 is 45.4 Å². The maximum absolute atomic E-state index is 13.9. The zero-order chi connectivity index (χ0) is 24.7. The Bertz CT molecular complexity index is 978. The van der Waals surface area contributed by atoms with Gasteiger partial charge in [-0.05, 0) is 82.6 Å². The van der Waals surface area contributed by atoms with Crippen molar-refractivity contribution in [2.24, 2.45) is 5.92 Å². The highest BCUT2D eigenvalue weighted by molar-refractivity contribution is 7.90. The number of amides is 4. The lowest BCUT2D eigenvalue weighted by Crippen LogP contribution is -2.62. The first-order valence-electron chi connectivity index (χ1n) is 11.8. The van der Waals surface area contributed by atoms with E-state index in [2.05, 4.69) is 10.0 Å². The van der Waals surface area contributed by atoms with Crippen LogP contribution in [0.25, 0.3) is 0 Å². The Morgan fingerprint density at radius 1 is 1.26 bits per heavy atom. The molecule has 186 valence electrons. The number of imide groups is 2. The minimum atomic E-state index is -1.43. The fourth-order valence-corrected chi connectivity index (χ4v) is 6.01. The van der Waals surface area contributed by atoms with Crippen LogP contribution in [0.5, 0.6) is 0 Å². The number of barbiturate groups is 1. The summed E-state index contributed by atoms with van der Waals surface area (Å²) in [5.41, 5.74) is 0.900. The van der Waals surface area contributed by atoms with E-state index in [0.717, 1.165) is 11.1 Å². The Hall–Kier alpha value is -2.01. The molecule has 0 spiro atoms. The molecule has 2 N–H and O–H groups in total. The van der Waals surface area contributed by atoms with E-state index in [1.807, 2.05) is 20.8 Å². The van der Waals surface area contributed by atoms with E-state index in [0.29, 0.717) is 45.3 Å². The molecule has 2 heterocycles. The Labute approximate surface area is 202 Å². The molecule has 3 aliphatic rings. The van der Waals surface area contributed by atoms with Crippen LogP contribution in [0.4, 0.5) is 9.18 Å². The van der Waals surface area contributed by atoms with E-state index in [-0.39, 0.29) is 18.3 Å². The number of fused-ring (bicyclic) bond motifs is 1. The Kier molecular flexibility index (Phi) is 7.06. The number of halogens is 1. The van der Waals surface area contributed by atoms with Crippen LogP contribution in [-0.4, -0.2) is 51.3 Å². The van der Waals surface area contributed by atoms with Gasteiger partial charge >= 0.3 is 6.03 Å². The molecule has 1 aliphatic carbocycles. The highest BCUT2D eigenvalue weighted by Crippen LogP contribution is 2.43. The summed E-state index contributed by atoms with van der Waals surface area (Å²) in [6, 6.07) is 3.59. The van der Waals surface area contributed by atoms with Crippen molar-refractivity contribution >= 4 is 29.2 Å². The molecule has 0 aromatic heterocycles. The van der Waals surface area contributed by atoms with E-state index in [9.17, 15) is 23.3 Å². The molecule has 4 rings (SSSR count). The van der Waals surface area contributed by atoms with Gasteiger partial charge in [0.05, 0.1) is 5.54 Å². The largest absolute Gasteiger partial charge is 0.598 e. The summed E-state index contributed by atoms with van der Waals surface area (Å²) in [5.74, 6) is -2.46. The van der Waals surface area contributed by atoms with Crippen molar-refractivity contribution in [3.8, 4) is 0 Å². The molecule has 0 bridgehead atoms. The summed E-state index contributed by atoms with van der Waals surface area (Å²) < 4.78 is 35.0. The van der Waals surface area contributed by atoms with Crippen molar-refractivity contribution in [1.82, 2.24) is 14.9 Å². The Balaban J connectivity index is 1.58. The van der Waals surface area contributed by atoms with Crippen molar-refractivity contribution < 1.29 is 28.1 Å². The van der Waals surface area contributed by atoms with Gasteiger partial charge in [0.1, 0.15) is 16.5 Å². The van der Waals surface area contributed by atoms with Crippen LogP contribution in [0.3, 0.4) is 0 Å². The zero-order valence-corrected chi connectivity index (χ0v) is 20.6. The maximum atomic E-state index is 13.9. The third kappa shape index (κ3) is 4.86. The molecular formula is C24H32FN3O5S. The minimum Gasteiger partial charge on any atom is -0.598 e. The predicted molar refractivity (Wildman–Crippen MR) is 124 cm³/mol. The van der Waals surface area contributed by atoms with Crippen molar-refractivity contribution in [2.45, 2.75) is 75.6 Å². The average molecular weight is 494 g/mol. The van der Waals surface area contributed by atoms with Gasteiger partial charge in [0.25, 0.3) is 0 Å². The molecule has 2 fully saturated rings. The number of carbonyl (C=O) groups excluding carboxylic acids is 3. The van der Waals surface area contributed by atoms with Crippen LogP contribution in [0, 0.1) is 11.7 Å². The van der Waals surface area contributed by atoms with Crippen LogP contribution in [-0.2, 0) is 37.6 Å². The lowest BCUT2D eigenvalue weighted by Gasteiger charge is -2.39. The first-order chi connectivity index (χ1) is 16.0. The molecule has 10 heteroatoms. The van der Waals surface area contributed by atoms with Gasteiger partial charge < -0.3 is 9.29 Å². The van der Waals surface area contributed by atoms with Crippen LogP contribution < -0.4 is 10.0 Å².